The van der Waals surface area contributed by atoms with Crippen LogP contribution in [0, 0.1) is 6.92 Å². The van der Waals surface area contributed by atoms with Crippen LogP contribution < -0.4 is 9.47 Å². The van der Waals surface area contributed by atoms with E-state index < -0.39 is 0 Å². The van der Waals surface area contributed by atoms with Crippen LogP contribution in [0.3, 0.4) is 0 Å². The Balaban J connectivity index is 0.000000673. The molecule has 0 atom stereocenters. The molecule has 0 heterocycles. The molecule has 2 heteroatoms. The maximum Gasteiger partial charge on any atom is 0.161 e. The second-order valence-electron chi connectivity index (χ2n) is 3.71. The third kappa shape index (κ3) is 5.64. The van der Waals surface area contributed by atoms with E-state index in [1.54, 1.807) is 7.11 Å². The smallest absolute Gasteiger partial charge is 0.161 e. The number of aryl methyl sites for hydroxylation is 1. The van der Waals surface area contributed by atoms with Gasteiger partial charge in [-0.15, -0.1) is 0 Å². The molecule has 0 saturated heterocycles. The number of rotatable bonds is 4. The van der Waals surface area contributed by atoms with E-state index in [2.05, 4.69) is 20.8 Å². The fourth-order valence-corrected chi connectivity index (χ4v) is 1.11. The molecule has 0 bridgehead atoms. The highest BCUT2D eigenvalue weighted by Crippen LogP contribution is 2.27. The van der Waals surface area contributed by atoms with Crippen LogP contribution >= 0.6 is 0 Å². The summed E-state index contributed by atoms with van der Waals surface area (Å²) in [4.78, 5) is 0. The van der Waals surface area contributed by atoms with Crippen molar-refractivity contribution >= 4 is 0 Å². The van der Waals surface area contributed by atoms with Gasteiger partial charge < -0.3 is 9.47 Å². The zero-order chi connectivity index (χ0) is 12.4. The summed E-state index contributed by atoms with van der Waals surface area (Å²) in [5, 5.41) is 0. The van der Waals surface area contributed by atoms with E-state index in [1.165, 1.54) is 12.0 Å². The fourth-order valence-electron chi connectivity index (χ4n) is 1.11. The highest BCUT2D eigenvalue weighted by Gasteiger charge is 2.02. The molecule has 0 radical (unpaired) electrons. The summed E-state index contributed by atoms with van der Waals surface area (Å²) in [6.45, 7) is 9.10. The van der Waals surface area contributed by atoms with Crippen LogP contribution in [0.25, 0.3) is 0 Å². The Hall–Kier alpha value is -1.18. The van der Waals surface area contributed by atoms with Crippen molar-refractivity contribution in [1.82, 2.24) is 0 Å². The lowest BCUT2D eigenvalue weighted by molar-refractivity contribution is 0.294. The Morgan fingerprint density at radius 3 is 2.19 bits per heavy atom. The van der Waals surface area contributed by atoms with Crippen molar-refractivity contribution in [3.63, 3.8) is 0 Å². The summed E-state index contributed by atoms with van der Waals surface area (Å²) in [5.74, 6) is 1.64. The molecular formula is C14H24O2. The predicted molar refractivity (Wildman–Crippen MR) is 69.5 cm³/mol. The van der Waals surface area contributed by atoms with Crippen LogP contribution in [0.1, 0.15) is 39.2 Å². The summed E-state index contributed by atoms with van der Waals surface area (Å²) in [6, 6.07) is 5.95. The minimum absolute atomic E-state index is 0.736. The van der Waals surface area contributed by atoms with E-state index in [1.807, 2.05) is 25.1 Å². The third-order valence-electron chi connectivity index (χ3n) is 1.78. The third-order valence-corrected chi connectivity index (χ3v) is 1.78. The van der Waals surface area contributed by atoms with Gasteiger partial charge in [-0.05, 0) is 31.0 Å². The summed E-state index contributed by atoms with van der Waals surface area (Å²) in [5.41, 5.74) is 1.18. The first-order valence-corrected chi connectivity index (χ1v) is 5.96. The van der Waals surface area contributed by atoms with Crippen molar-refractivity contribution in [2.75, 3.05) is 13.7 Å². The molecule has 2 nitrogen and oxygen atoms in total. The van der Waals surface area contributed by atoms with E-state index >= 15 is 0 Å². The molecule has 1 aromatic rings. The molecule has 0 aliphatic carbocycles. The Morgan fingerprint density at radius 2 is 1.69 bits per heavy atom. The molecular weight excluding hydrogens is 200 g/mol. The lowest BCUT2D eigenvalue weighted by Gasteiger charge is -2.09. The predicted octanol–water partition coefficient (Wildman–Crippen LogP) is 4.21. The van der Waals surface area contributed by atoms with E-state index in [0.717, 1.165) is 24.5 Å². The van der Waals surface area contributed by atoms with Gasteiger partial charge in [0.25, 0.3) is 0 Å². The maximum absolute atomic E-state index is 5.51. The van der Waals surface area contributed by atoms with Gasteiger partial charge in [0, 0.05) is 0 Å². The molecule has 0 aliphatic heterocycles. The Morgan fingerprint density at radius 1 is 1.06 bits per heavy atom. The summed E-state index contributed by atoms with van der Waals surface area (Å²) in [6.07, 6.45) is 2.26. The molecule has 0 N–H and O–H groups in total. The molecule has 0 unspecified atom stereocenters. The van der Waals surface area contributed by atoms with Crippen molar-refractivity contribution in [2.45, 2.75) is 40.5 Å². The molecule has 0 aliphatic rings. The minimum atomic E-state index is 0.736. The van der Waals surface area contributed by atoms with Crippen molar-refractivity contribution in [3.05, 3.63) is 23.8 Å². The average molecular weight is 224 g/mol. The van der Waals surface area contributed by atoms with Gasteiger partial charge in [-0.1, -0.05) is 33.3 Å². The maximum atomic E-state index is 5.51. The monoisotopic (exact) mass is 224 g/mol. The summed E-state index contributed by atoms with van der Waals surface area (Å²) in [7, 11) is 1.66. The lowest BCUT2D eigenvalue weighted by atomic mass is 10.2. The van der Waals surface area contributed by atoms with Gasteiger partial charge in [-0.2, -0.15) is 0 Å². The van der Waals surface area contributed by atoms with Crippen LogP contribution in [-0.2, 0) is 0 Å². The summed E-state index contributed by atoms with van der Waals surface area (Å²) < 4.78 is 10.7. The quantitative estimate of drug-likeness (QED) is 0.762. The van der Waals surface area contributed by atoms with Crippen LogP contribution in [0.4, 0.5) is 0 Å². The van der Waals surface area contributed by atoms with Gasteiger partial charge in [0.1, 0.15) is 0 Å². The highest BCUT2D eigenvalue weighted by atomic mass is 16.5. The van der Waals surface area contributed by atoms with E-state index in [9.17, 15) is 0 Å². The number of methoxy groups -OCH3 is 1. The van der Waals surface area contributed by atoms with Gasteiger partial charge >= 0.3 is 0 Å². The molecule has 92 valence electrons. The van der Waals surface area contributed by atoms with Gasteiger partial charge in [-0.3, -0.25) is 0 Å². The topological polar surface area (TPSA) is 18.5 Å². The van der Waals surface area contributed by atoms with E-state index in [0.29, 0.717) is 0 Å². The molecule has 0 saturated carbocycles. The zero-order valence-electron chi connectivity index (χ0n) is 11.2. The van der Waals surface area contributed by atoms with Crippen molar-refractivity contribution in [2.24, 2.45) is 0 Å². The van der Waals surface area contributed by atoms with Crippen molar-refractivity contribution in [3.8, 4) is 11.5 Å². The van der Waals surface area contributed by atoms with Crippen LogP contribution in [0.15, 0.2) is 18.2 Å². The highest BCUT2D eigenvalue weighted by molar-refractivity contribution is 5.42. The van der Waals surface area contributed by atoms with E-state index in [-0.39, 0.29) is 0 Å². The standard InChI is InChI=1S/C11H16O2.C3H8/c1-4-7-13-10-6-5-9(2)8-11(10)12-3;1-3-2/h5-6,8H,4,7H2,1-3H3;3H2,1-2H3. The molecule has 0 spiro atoms. The molecule has 16 heavy (non-hydrogen) atoms. The lowest BCUT2D eigenvalue weighted by Crippen LogP contribution is -1.97. The Labute approximate surface area is 99.6 Å². The second kappa shape index (κ2) is 9.08. The molecule has 0 amide bonds. The first-order valence-electron chi connectivity index (χ1n) is 5.96. The second-order valence-corrected chi connectivity index (χ2v) is 3.71. The van der Waals surface area contributed by atoms with Gasteiger partial charge in [0.15, 0.2) is 11.5 Å². The van der Waals surface area contributed by atoms with Crippen LogP contribution in [-0.4, -0.2) is 13.7 Å². The van der Waals surface area contributed by atoms with Crippen molar-refractivity contribution < 1.29 is 9.47 Å². The average Bonchev–Trinajstić information content (AvgIpc) is 2.28. The van der Waals surface area contributed by atoms with Crippen molar-refractivity contribution in [1.29, 1.82) is 0 Å². The Kier molecular flexibility index (Phi) is 8.41. The summed E-state index contributed by atoms with van der Waals surface area (Å²) >= 11 is 0. The fraction of sp³-hybridized carbons (Fsp3) is 0.571. The first kappa shape index (κ1) is 14.8. The first-order chi connectivity index (χ1) is 7.69. The zero-order valence-corrected chi connectivity index (χ0v) is 11.2. The van der Waals surface area contributed by atoms with Crippen LogP contribution in [0.5, 0.6) is 11.5 Å². The van der Waals surface area contributed by atoms with Gasteiger partial charge in [-0.25, -0.2) is 0 Å². The van der Waals surface area contributed by atoms with Gasteiger partial charge in [0.05, 0.1) is 13.7 Å². The number of benzene rings is 1. The minimum Gasteiger partial charge on any atom is -0.493 e. The molecule has 1 aromatic carbocycles. The number of hydrogen-bond acceptors (Lipinski definition) is 2. The molecule has 0 fully saturated rings. The molecule has 0 aromatic heterocycles. The van der Waals surface area contributed by atoms with Crippen LogP contribution in [0.2, 0.25) is 0 Å². The Bertz CT molecular complexity index is 282. The normalized spacial score (nSPS) is 9.06. The molecule has 1 rings (SSSR count). The number of hydrogen-bond donors (Lipinski definition) is 0. The number of ether oxygens (including phenoxy) is 2. The van der Waals surface area contributed by atoms with Gasteiger partial charge in [0.2, 0.25) is 0 Å². The largest absolute Gasteiger partial charge is 0.493 e. The van der Waals surface area contributed by atoms with E-state index in [4.69, 9.17) is 9.47 Å². The SMILES string of the molecule is CCC.CCCOc1ccc(C)cc1OC.